The van der Waals surface area contributed by atoms with Crippen LogP contribution in [0.2, 0.25) is 0 Å². The number of nitrogens with one attached hydrogen (secondary N) is 1. The summed E-state index contributed by atoms with van der Waals surface area (Å²) in [6.45, 7) is 3.22. The van der Waals surface area contributed by atoms with Gasteiger partial charge in [-0.25, -0.2) is 0 Å². The second kappa shape index (κ2) is 7.81. The van der Waals surface area contributed by atoms with Gasteiger partial charge in [-0.15, -0.1) is 0 Å². The first-order valence-electron chi connectivity index (χ1n) is 9.96. The van der Waals surface area contributed by atoms with Crippen molar-refractivity contribution in [1.82, 2.24) is 10.2 Å². The van der Waals surface area contributed by atoms with Gasteiger partial charge in [0.25, 0.3) is 0 Å². The standard InChI is InChI=1S/C21H30N2O2S/c1-25-19-5-3-2-4-18(19)21(9-10-21)20(24)22-14-16-6-11-23(12-7-16)17-8-13-26-15-17/h2-5,16-17H,6-15H2,1H3,(H,22,24)/t17-/m1/s1. The molecule has 4 rings (SSSR count). The van der Waals surface area contributed by atoms with Crippen LogP contribution >= 0.6 is 11.8 Å². The molecule has 2 saturated heterocycles. The number of rotatable bonds is 6. The predicted molar refractivity (Wildman–Crippen MR) is 107 cm³/mol. The fraction of sp³-hybridized carbons (Fsp3) is 0.667. The van der Waals surface area contributed by atoms with Crippen LogP contribution in [0.4, 0.5) is 0 Å². The van der Waals surface area contributed by atoms with E-state index in [0.29, 0.717) is 5.92 Å². The van der Waals surface area contributed by atoms with Gasteiger partial charge in [0.15, 0.2) is 0 Å². The van der Waals surface area contributed by atoms with Crippen molar-refractivity contribution >= 4 is 17.7 Å². The number of ether oxygens (including phenoxy) is 1. The summed E-state index contributed by atoms with van der Waals surface area (Å²) < 4.78 is 5.49. The molecule has 0 aromatic heterocycles. The van der Waals surface area contributed by atoms with E-state index in [1.807, 2.05) is 24.3 Å². The van der Waals surface area contributed by atoms with Gasteiger partial charge in [0.05, 0.1) is 12.5 Å². The average Bonchev–Trinajstić information content (AvgIpc) is 3.32. The minimum absolute atomic E-state index is 0.191. The smallest absolute Gasteiger partial charge is 0.230 e. The molecular formula is C21H30N2O2S. The van der Waals surface area contributed by atoms with E-state index >= 15 is 0 Å². The molecule has 1 atom stereocenters. The number of hydrogen-bond donors (Lipinski definition) is 1. The molecule has 1 amide bonds. The van der Waals surface area contributed by atoms with Gasteiger partial charge in [0, 0.05) is 23.9 Å². The Balaban J connectivity index is 1.29. The molecular weight excluding hydrogens is 344 g/mol. The maximum absolute atomic E-state index is 12.9. The van der Waals surface area contributed by atoms with Crippen LogP contribution in [0.25, 0.3) is 0 Å². The summed E-state index contributed by atoms with van der Waals surface area (Å²) in [5.41, 5.74) is 0.697. The molecule has 1 N–H and O–H groups in total. The van der Waals surface area contributed by atoms with Crippen molar-refractivity contribution in [3.8, 4) is 5.75 Å². The van der Waals surface area contributed by atoms with E-state index in [9.17, 15) is 4.79 Å². The van der Waals surface area contributed by atoms with E-state index in [1.165, 1.54) is 43.9 Å². The number of amides is 1. The summed E-state index contributed by atoms with van der Waals surface area (Å²) in [5.74, 6) is 4.28. The van der Waals surface area contributed by atoms with E-state index in [0.717, 1.165) is 36.7 Å². The van der Waals surface area contributed by atoms with Crippen LogP contribution in [0.3, 0.4) is 0 Å². The van der Waals surface area contributed by atoms with E-state index < -0.39 is 0 Å². The largest absolute Gasteiger partial charge is 0.496 e. The molecule has 1 aromatic rings. The number of para-hydroxylation sites is 1. The summed E-state index contributed by atoms with van der Waals surface area (Å²) in [6, 6.07) is 8.77. The first-order chi connectivity index (χ1) is 12.7. The number of thioether (sulfide) groups is 1. The Hall–Kier alpha value is -1.20. The van der Waals surface area contributed by atoms with Crippen molar-refractivity contribution in [1.29, 1.82) is 0 Å². The lowest BCUT2D eigenvalue weighted by molar-refractivity contribution is -0.123. The third-order valence-electron chi connectivity index (χ3n) is 6.43. The van der Waals surface area contributed by atoms with Gasteiger partial charge in [-0.1, -0.05) is 18.2 Å². The van der Waals surface area contributed by atoms with Gasteiger partial charge < -0.3 is 10.1 Å². The lowest BCUT2D eigenvalue weighted by Gasteiger charge is -2.36. The van der Waals surface area contributed by atoms with Crippen molar-refractivity contribution in [3.05, 3.63) is 29.8 Å². The number of nitrogens with zero attached hydrogens (tertiary/aromatic N) is 1. The second-order valence-electron chi connectivity index (χ2n) is 7.99. The van der Waals surface area contributed by atoms with Crippen molar-refractivity contribution in [3.63, 3.8) is 0 Å². The predicted octanol–water partition coefficient (Wildman–Crippen LogP) is 3.06. The van der Waals surface area contributed by atoms with Gasteiger partial charge in [-0.2, -0.15) is 11.8 Å². The summed E-state index contributed by atoms with van der Waals surface area (Å²) in [6.07, 6.45) is 5.63. The molecule has 2 heterocycles. The van der Waals surface area contributed by atoms with Gasteiger partial charge in [0.2, 0.25) is 5.91 Å². The first-order valence-corrected chi connectivity index (χ1v) is 11.1. The molecule has 3 aliphatic rings. The highest BCUT2D eigenvalue weighted by molar-refractivity contribution is 7.99. The van der Waals surface area contributed by atoms with Gasteiger partial charge in [0.1, 0.15) is 5.75 Å². The second-order valence-corrected chi connectivity index (χ2v) is 9.14. The Bertz CT molecular complexity index is 633. The zero-order valence-electron chi connectivity index (χ0n) is 15.7. The zero-order valence-corrected chi connectivity index (χ0v) is 16.5. The normalized spacial score (nSPS) is 25.8. The summed E-state index contributed by atoms with van der Waals surface area (Å²) >= 11 is 2.09. The minimum Gasteiger partial charge on any atom is -0.496 e. The van der Waals surface area contributed by atoms with Crippen LogP contribution in [0.15, 0.2) is 24.3 Å². The van der Waals surface area contributed by atoms with Crippen molar-refractivity contribution < 1.29 is 9.53 Å². The molecule has 0 spiro atoms. The Kier molecular flexibility index (Phi) is 5.46. The van der Waals surface area contributed by atoms with Gasteiger partial charge >= 0.3 is 0 Å². The number of likely N-dealkylation sites (tertiary alicyclic amines) is 1. The third-order valence-corrected chi connectivity index (χ3v) is 7.57. The summed E-state index contributed by atoms with van der Waals surface area (Å²) in [5, 5.41) is 3.27. The summed E-state index contributed by atoms with van der Waals surface area (Å²) in [4.78, 5) is 15.6. The van der Waals surface area contributed by atoms with Crippen molar-refractivity contribution in [2.45, 2.75) is 43.6 Å². The van der Waals surface area contributed by atoms with Crippen LogP contribution in [0.1, 0.15) is 37.7 Å². The zero-order chi connectivity index (χ0) is 18.0. The highest BCUT2D eigenvalue weighted by atomic mass is 32.2. The molecule has 1 aromatic carbocycles. The monoisotopic (exact) mass is 374 g/mol. The summed E-state index contributed by atoms with van der Waals surface area (Å²) in [7, 11) is 1.68. The average molecular weight is 375 g/mol. The number of hydrogen-bond acceptors (Lipinski definition) is 4. The number of carbonyl (C=O) groups is 1. The molecule has 26 heavy (non-hydrogen) atoms. The molecule has 1 aliphatic carbocycles. The quantitative estimate of drug-likeness (QED) is 0.831. The van der Waals surface area contributed by atoms with Crippen LogP contribution in [0, 0.1) is 5.92 Å². The Labute approximate surface area is 161 Å². The molecule has 3 fully saturated rings. The Morgan fingerprint density at radius 1 is 1.27 bits per heavy atom. The Morgan fingerprint density at radius 2 is 2.04 bits per heavy atom. The van der Waals surface area contributed by atoms with Crippen LogP contribution in [0.5, 0.6) is 5.75 Å². The highest BCUT2D eigenvalue weighted by Gasteiger charge is 2.52. The first kappa shape index (κ1) is 18.2. The van der Waals surface area contributed by atoms with Crippen molar-refractivity contribution in [2.75, 3.05) is 38.2 Å². The number of carbonyl (C=O) groups excluding carboxylic acids is 1. The topological polar surface area (TPSA) is 41.6 Å². The van der Waals surface area contributed by atoms with Crippen LogP contribution in [-0.4, -0.2) is 55.1 Å². The third kappa shape index (κ3) is 3.61. The SMILES string of the molecule is COc1ccccc1C1(C(=O)NCC2CCN([C@@H]3CCSC3)CC2)CC1. The lowest BCUT2D eigenvalue weighted by Crippen LogP contribution is -2.44. The lowest BCUT2D eigenvalue weighted by atomic mass is 9.92. The van der Waals surface area contributed by atoms with Crippen LogP contribution < -0.4 is 10.1 Å². The number of methoxy groups -OCH3 is 1. The molecule has 1 saturated carbocycles. The van der Waals surface area contributed by atoms with E-state index in [2.05, 4.69) is 22.0 Å². The molecule has 5 heteroatoms. The highest BCUT2D eigenvalue weighted by Crippen LogP contribution is 2.51. The molecule has 142 valence electrons. The van der Waals surface area contributed by atoms with E-state index in [-0.39, 0.29) is 11.3 Å². The van der Waals surface area contributed by atoms with E-state index in [4.69, 9.17) is 4.74 Å². The fourth-order valence-corrected chi connectivity index (χ4v) is 5.78. The minimum atomic E-state index is -0.353. The van der Waals surface area contributed by atoms with E-state index in [1.54, 1.807) is 7.11 Å². The van der Waals surface area contributed by atoms with Gasteiger partial charge in [-0.3, -0.25) is 9.69 Å². The fourth-order valence-electron chi connectivity index (χ4n) is 4.52. The molecule has 4 nitrogen and oxygen atoms in total. The molecule has 0 bridgehead atoms. The maximum Gasteiger partial charge on any atom is 0.230 e. The maximum atomic E-state index is 12.9. The molecule has 0 radical (unpaired) electrons. The van der Waals surface area contributed by atoms with Crippen LogP contribution in [-0.2, 0) is 10.2 Å². The molecule has 0 unspecified atom stereocenters. The number of piperidine rings is 1. The van der Waals surface area contributed by atoms with Crippen molar-refractivity contribution in [2.24, 2.45) is 5.92 Å². The number of benzene rings is 1. The molecule has 2 aliphatic heterocycles. The van der Waals surface area contributed by atoms with Gasteiger partial charge in [-0.05, 0) is 62.9 Å². The Morgan fingerprint density at radius 3 is 2.69 bits per heavy atom.